The van der Waals surface area contributed by atoms with Gasteiger partial charge in [0.1, 0.15) is 0 Å². The number of β-amino-alcohol motifs (C(OH)–C–C–N with tert-alkyl or cyclic N) is 1. The number of aryl methyl sites for hydroxylation is 2. The molecule has 1 amide bonds. The fourth-order valence-electron chi connectivity index (χ4n) is 2.96. The number of hydrogen-bond acceptors (Lipinski definition) is 6. The molecular weight excluding hydrogens is 312 g/mol. The minimum absolute atomic E-state index is 0.00224. The number of thiazole rings is 1. The summed E-state index contributed by atoms with van der Waals surface area (Å²) in [5, 5.41) is 13.2. The van der Waals surface area contributed by atoms with Gasteiger partial charge < -0.3 is 10.4 Å². The fraction of sp³-hybridized carbons (Fsp3) is 0.750. The highest BCUT2D eigenvalue weighted by atomic mass is 32.1. The van der Waals surface area contributed by atoms with Crippen LogP contribution >= 0.6 is 11.3 Å². The Morgan fingerprint density at radius 3 is 2.78 bits per heavy atom. The van der Waals surface area contributed by atoms with E-state index in [2.05, 4.69) is 27.0 Å². The quantitative estimate of drug-likeness (QED) is 0.821. The van der Waals surface area contributed by atoms with E-state index in [0.29, 0.717) is 24.3 Å². The molecule has 0 aliphatic carbocycles. The first-order valence-electron chi connectivity index (χ1n) is 8.27. The minimum Gasteiger partial charge on any atom is -0.392 e. The van der Waals surface area contributed by atoms with Crippen molar-refractivity contribution >= 4 is 22.4 Å². The lowest BCUT2D eigenvalue weighted by Crippen LogP contribution is -2.55. The van der Waals surface area contributed by atoms with Crippen LogP contribution in [0.1, 0.15) is 30.8 Å². The summed E-state index contributed by atoms with van der Waals surface area (Å²) >= 11 is 1.52. The Morgan fingerprint density at radius 2 is 2.22 bits per heavy atom. The smallest absolute Gasteiger partial charge is 0.240 e. The van der Waals surface area contributed by atoms with Gasteiger partial charge in [-0.2, -0.15) is 0 Å². The largest absolute Gasteiger partial charge is 0.392 e. The number of hydrogen-bond donors (Lipinski definition) is 2. The number of nitrogens with zero attached hydrogens (tertiary/aromatic N) is 3. The zero-order valence-electron chi connectivity index (χ0n) is 14.5. The lowest BCUT2D eigenvalue weighted by molar-refractivity contribution is -0.118. The van der Waals surface area contributed by atoms with Crippen molar-refractivity contribution in [2.75, 3.05) is 38.0 Å². The zero-order chi connectivity index (χ0) is 17.0. The van der Waals surface area contributed by atoms with Crippen molar-refractivity contribution in [1.29, 1.82) is 0 Å². The number of carbonyl (C=O) groups excluding carboxylic acids is 1. The van der Waals surface area contributed by atoms with Gasteiger partial charge in [0.15, 0.2) is 5.13 Å². The third-order valence-corrected chi connectivity index (χ3v) is 5.29. The first-order valence-corrected chi connectivity index (χ1v) is 9.09. The molecule has 2 heterocycles. The number of aromatic nitrogens is 1. The van der Waals surface area contributed by atoms with Crippen molar-refractivity contribution in [3.63, 3.8) is 0 Å². The molecule has 0 radical (unpaired) electrons. The number of piperazine rings is 1. The molecular formula is C16H28N4O2S. The van der Waals surface area contributed by atoms with Gasteiger partial charge in [0.05, 0.1) is 18.3 Å². The van der Waals surface area contributed by atoms with Crippen LogP contribution in [0.4, 0.5) is 5.13 Å². The van der Waals surface area contributed by atoms with Crippen LogP contribution in [0.5, 0.6) is 0 Å². The SMILES string of the molecule is CCC1CN(CC(=O)Nc2nc(C)c(C)s2)CCN1CC(C)O. The summed E-state index contributed by atoms with van der Waals surface area (Å²) < 4.78 is 0. The fourth-order valence-corrected chi connectivity index (χ4v) is 3.79. The van der Waals surface area contributed by atoms with Crippen molar-refractivity contribution in [3.8, 4) is 0 Å². The molecule has 130 valence electrons. The minimum atomic E-state index is -0.310. The molecule has 1 fully saturated rings. The van der Waals surface area contributed by atoms with Gasteiger partial charge in [-0.05, 0) is 27.2 Å². The van der Waals surface area contributed by atoms with Gasteiger partial charge in [0, 0.05) is 37.1 Å². The molecule has 2 atom stereocenters. The highest BCUT2D eigenvalue weighted by Gasteiger charge is 2.27. The monoisotopic (exact) mass is 340 g/mol. The molecule has 1 aliphatic rings. The van der Waals surface area contributed by atoms with E-state index in [9.17, 15) is 9.90 Å². The molecule has 1 aliphatic heterocycles. The van der Waals surface area contributed by atoms with Gasteiger partial charge in [0.25, 0.3) is 0 Å². The van der Waals surface area contributed by atoms with Crippen molar-refractivity contribution in [2.24, 2.45) is 0 Å². The number of nitrogens with one attached hydrogen (secondary N) is 1. The summed E-state index contributed by atoms with van der Waals surface area (Å²) in [6.07, 6.45) is 0.714. The second-order valence-electron chi connectivity index (χ2n) is 6.35. The second-order valence-corrected chi connectivity index (χ2v) is 7.55. The van der Waals surface area contributed by atoms with Crippen LogP contribution in [0.25, 0.3) is 0 Å². The molecule has 2 rings (SSSR count). The number of anilines is 1. The van der Waals surface area contributed by atoms with Crippen LogP contribution in [0.15, 0.2) is 0 Å². The molecule has 23 heavy (non-hydrogen) atoms. The summed E-state index contributed by atoms with van der Waals surface area (Å²) in [5.74, 6) is -0.00224. The van der Waals surface area contributed by atoms with Crippen molar-refractivity contribution in [2.45, 2.75) is 46.3 Å². The Morgan fingerprint density at radius 1 is 1.48 bits per heavy atom. The lowest BCUT2D eigenvalue weighted by Gasteiger charge is -2.41. The first kappa shape index (κ1) is 18.3. The lowest BCUT2D eigenvalue weighted by atomic mass is 10.1. The molecule has 0 spiro atoms. The molecule has 0 aromatic carbocycles. The first-order chi connectivity index (χ1) is 10.9. The summed E-state index contributed by atoms with van der Waals surface area (Å²) in [5.41, 5.74) is 0.975. The summed E-state index contributed by atoms with van der Waals surface area (Å²) in [6, 6.07) is 0.399. The predicted octanol–water partition coefficient (Wildman–Crippen LogP) is 1.48. The van der Waals surface area contributed by atoms with Crippen LogP contribution in [0, 0.1) is 13.8 Å². The number of rotatable bonds is 6. The molecule has 2 N–H and O–H groups in total. The van der Waals surface area contributed by atoms with Crippen molar-refractivity contribution in [1.82, 2.24) is 14.8 Å². The van der Waals surface area contributed by atoms with E-state index >= 15 is 0 Å². The summed E-state index contributed by atoms with van der Waals surface area (Å²) in [4.78, 5) is 22.2. The average Bonchev–Trinajstić information content (AvgIpc) is 2.78. The van der Waals surface area contributed by atoms with E-state index in [-0.39, 0.29) is 12.0 Å². The number of aliphatic hydroxyl groups is 1. The summed E-state index contributed by atoms with van der Waals surface area (Å²) in [6.45, 7) is 11.7. The number of amides is 1. The molecule has 2 unspecified atom stereocenters. The standard InChI is InChI=1S/C16H28N4O2S/c1-5-14-9-19(6-7-20(14)8-11(2)21)10-15(22)18-16-17-12(3)13(4)23-16/h11,14,21H,5-10H2,1-4H3,(H,17,18,22). The van der Waals surface area contributed by atoms with Gasteiger partial charge in [-0.15, -0.1) is 11.3 Å². The Labute approximate surface area is 142 Å². The molecule has 1 aromatic heterocycles. The molecule has 0 bridgehead atoms. The third kappa shape index (κ3) is 5.24. The van der Waals surface area contributed by atoms with E-state index in [1.54, 1.807) is 0 Å². The Balaban J connectivity index is 1.84. The maximum absolute atomic E-state index is 12.2. The van der Waals surface area contributed by atoms with E-state index in [0.717, 1.165) is 36.6 Å². The molecule has 1 saturated heterocycles. The molecule has 1 aromatic rings. The topological polar surface area (TPSA) is 68.7 Å². The van der Waals surface area contributed by atoms with E-state index < -0.39 is 0 Å². The van der Waals surface area contributed by atoms with E-state index in [4.69, 9.17) is 0 Å². The van der Waals surface area contributed by atoms with Crippen LogP contribution in [0.2, 0.25) is 0 Å². The predicted molar refractivity (Wildman–Crippen MR) is 94.0 cm³/mol. The van der Waals surface area contributed by atoms with Crippen LogP contribution in [-0.4, -0.2) is 70.7 Å². The second kappa shape index (κ2) is 8.19. The van der Waals surface area contributed by atoms with Crippen molar-refractivity contribution < 1.29 is 9.90 Å². The van der Waals surface area contributed by atoms with E-state index in [1.807, 2.05) is 20.8 Å². The van der Waals surface area contributed by atoms with Gasteiger partial charge in [-0.1, -0.05) is 6.92 Å². The zero-order valence-corrected chi connectivity index (χ0v) is 15.3. The van der Waals surface area contributed by atoms with Gasteiger partial charge in [0.2, 0.25) is 5.91 Å². The van der Waals surface area contributed by atoms with Crippen LogP contribution in [-0.2, 0) is 4.79 Å². The van der Waals surface area contributed by atoms with Gasteiger partial charge in [-0.25, -0.2) is 4.98 Å². The number of aliphatic hydroxyl groups excluding tert-OH is 1. The molecule has 6 nitrogen and oxygen atoms in total. The molecule has 7 heteroatoms. The normalized spacial score (nSPS) is 21.3. The van der Waals surface area contributed by atoms with Crippen LogP contribution < -0.4 is 5.32 Å². The van der Waals surface area contributed by atoms with Crippen molar-refractivity contribution in [3.05, 3.63) is 10.6 Å². The number of carbonyl (C=O) groups is 1. The highest BCUT2D eigenvalue weighted by Crippen LogP contribution is 2.21. The average molecular weight is 340 g/mol. The summed E-state index contributed by atoms with van der Waals surface area (Å²) in [7, 11) is 0. The van der Waals surface area contributed by atoms with Gasteiger partial charge >= 0.3 is 0 Å². The Bertz CT molecular complexity index is 513. The van der Waals surface area contributed by atoms with Gasteiger partial charge in [-0.3, -0.25) is 14.6 Å². The van der Waals surface area contributed by atoms with Crippen LogP contribution in [0.3, 0.4) is 0 Å². The van der Waals surface area contributed by atoms with E-state index in [1.165, 1.54) is 11.3 Å². The Kier molecular flexibility index (Phi) is 6.52. The maximum atomic E-state index is 12.2. The third-order valence-electron chi connectivity index (χ3n) is 4.30. The maximum Gasteiger partial charge on any atom is 0.240 e. The Hall–Kier alpha value is -1.02. The highest BCUT2D eigenvalue weighted by molar-refractivity contribution is 7.15. The molecule has 0 saturated carbocycles.